The summed E-state index contributed by atoms with van der Waals surface area (Å²) in [4.78, 5) is 13.9. The number of aliphatic hydroxyl groups excluding tert-OH is 1. The summed E-state index contributed by atoms with van der Waals surface area (Å²) >= 11 is 0. The maximum Gasteiger partial charge on any atom is 0.573 e. The van der Waals surface area contributed by atoms with Crippen LogP contribution in [0.2, 0.25) is 0 Å². The van der Waals surface area contributed by atoms with Crippen molar-refractivity contribution >= 4 is 5.91 Å². The summed E-state index contributed by atoms with van der Waals surface area (Å²) in [6.07, 6.45) is -3.01. The second kappa shape index (κ2) is 7.00. The smallest absolute Gasteiger partial charge is 0.406 e. The molecular weight excluding hydrogens is 299 g/mol. The Bertz CT molecular complexity index is 519. The molecule has 22 heavy (non-hydrogen) atoms. The lowest BCUT2D eigenvalue weighted by atomic mass is 9.98. The van der Waals surface area contributed by atoms with Gasteiger partial charge in [-0.3, -0.25) is 4.79 Å². The zero-order valence-electron chi connectivity index (χ0n) is 12.0. The molecule has 122 valence electrons. The van der Waals surface area contributed by atoms with Gasteiger partial charge < -0.3 is 14.7 Å². The molecule has 0 radical (unpaired) electrons. The summed E-state index contributed by atoms with van der Waals surface area (Å²) in [6, 6.07) is 5.44. The van der Waals surface area contributed by atoms with E-state index >= 15 is 0 Å². The number of rotatable bonds is 4. The van der Waals surface area contributed by atoms with Crippen molar-refractivity contribution in [3.05, 3.63) is 29.8 Å². The molecule has 0 bridgehead atoms. The van der Waals surface area contributed by atoms with E-state index in [0.29, 0.717) is 18.7 Å². The molecule has 7 heteroatoms. The van der Waals surface area contributed by atoms with Crippen LogP contribution in [0.25, 0.3) is 0 Å². The van der Waals surface area contributed by atoms with Crippen LogP contribution in [0.4, 0.5) is 13.2 Å². The van der Waals surface area contributed by atoms with Crippen LogP contribution in [0.1, 0.15) is 18.4 Å². The van der Waals surface area contributed by atoms with Gasteiger partial charge in [0.1, 0.15) is 5.75 Å². The Morgan fingerprint density at radius 2 is 2.18 bits per heavy atom. The van der Waals surface area contributed by atoms with Gasteiger partial charge in [-0.15, -0.1) is 13.2 Å². The highest BCUT2D eigenvalue weighted by molar-refractivity contribution is 5.79. The first-order chi connectivity index (χ1) is 10.4. The lowest BCUT2D eigenvalue weighted by Gasteiger charge is -2.32. The summed E-state index contributed by atoms with van der Waals surface area (Å²) in [5.41, 5.74) is 0.470. The summed E-state index contributed by atoms with van der Waals surface area (Å²) < 4.78 is 40.4. The fourth-order valence-electron chi connectivity index (χ4n) is 2.58. The molecule has 1 heterocycles. The maximum atomic E-state index is 12.2. The monoisotopic (exact) mass is 317 g/mol. The molecule has 0 spiro atoms. The first-order valence-electron chi connectivity index (χ1n) is 7.10. The van der Waals surface area contributed by atoms with E-state index in [0.717, 1.165) is 12.8 Å². The van der Waals surface area contributed by atoms with Gasteiger partial charge in [-0.05, 0) is 36.5 Å². The Morgan fingerprint density at radius 3 is 2.86 bits per heavy atom. The average Bonchev–Trinajstić information content (AvgIpc) is 2.46. The number of carbonyl (C=O) groups excluding carboxylic acids is 1. The van der Waals surface area contributed by atoms with E-state index in [1.807, 2.05) is 0 Å². The molecule has 2 rings (SSSR count). The van der Waals surface area contributed by atoms with E-state index in [1.165, 1.54) is 18.2 Å². The topological polar surface area (TPSA) is 49.8 Å². The van der Waals surface area contributed by atoms with Gasteiger partial charge in [0.2, 0.25) is 5.91 Å². The number of hydrogen-bond acceptors (Lipinski definition) is 3. The third-order valence-electron chi connectivity index (χ3n) is 3.62. The number of aliphatic hydroxyl groups is 1. The minimum Gasteiger partial charge on any atom is -0.406 e. The van der Waals surface area contributed by atoms with Crippen molar-refractivity contribution in [2.75, 3.05) is 19.7 Å². The molecule has 4 nitrogen and oxygen atoms in total. The van der Waals surface area contributed by atoms with E-state index in [1.54, 1.807) is 11.0 Å². The summed E-state index contributed by atoms with van der Waals surface area (Å²) in [7, 11) is 0. The van der Waals surface area contributed by atoms with Crippen molar-refractivity contribution in [3.8, 4) is 5.75 Å². The van der Waals surface area contributed by atoms with Crippen LogP contribution in [0.15, 0.2) is 24.3 Å². The van der Waals surface area contributed by atoms with Gasteiger partial charge in [-0.2, -0.15) is 0 Å². The lowest BCUT2D eigenvalue weighted by Crippen LogP contribution is -2.41. The predicted molar refractivity (Wildman–Crippen MR) is 73.2 cm³/mol. The molecular formula is C15H18F3NO3. The molecule has 1 aliphatic rings. The van der Waals surface area contributed by atoms with Crippen LogP contribution in [0, 0.1) is 5.92 Å². The van der Waals surface area contributed by atoms with Gasteiger partial charge in [-0.25, -0.2) is 0 Å². The minimum absolute atomic E-state index is 0.0210. The summed E-state index contributed by atoms with van der Waals surface area (Å²) in [5, 5.41) is 9.16. The Labute approximate surface area is 126 Å². The zero-order chi connectivity index (χ0) is 16.2. The number of halogens is 3. The number of likely N-dealkylation sites (tertiary alicyclic amines) is 1. The molecule has 0 saturated carbocycles. The van der Waals surface area contributed by atoms with Crippen molar-refractivity contribution in [3.63, 3.8) is 0 Å². The third kappa shape index (κ3) is 4.91. The number of amides is 1. The van der Waals surface area contributed by atoms with Gasteiger partial charge in [0.15, 0.2) is 0 Å². The number of carbonyl (C=O) groups is 1. The molecule has 1 aliphatic heterocycles. The normalized spacial score (nSPS) is 19.1. The van der Waals surface area contributed by atoms with Gasteiger partial charge in [0, 0.05) is 19.7 Å². The van der Waals surface area contributed by atoms with Crippen LogP contribution < -0.4 is 4.74 Å². The Morgan fingerprint density at radius 1 is 1.41 bits per heavy atom. The predicted octanol–water partition coefficient (Wildman–Crippen LogP) is 2.36. The standard InChI is InChI=1S/C15H18F3NO3/c16-15(17,18)22-13-5-1-3-11(7-13)8-14(21)19-6-2-4-12(9-19)10-20/h1,3,5,7,12,20H,2,4,6,8-10H2. The van der Waals surface area contributed by atoms with Crippen LogP contribution in [-0.4, -0.2) is 42.0 Å². The van der Waals surface area contributed by atoms with Crippen molar-refractivity contribution in [1.29, 1.82) is 0 Å². The van der Waals surface area contributed by atoms with Gasteiger partial charge in [0.05, 0.1) is 6.42 Å². The second-order valence-electron chi connectivity index (χ2n) is 5.40. The van der Waals surface area contributed by atoms with Crippen LogP contribution in [-0.2, 0) is 11.2 Å². The quantitative estimate of drug-likeness (QED) is 0.927. The van der Waals surface area contributed by atoms with Gasteiger partial charge >= 0.3 is 6.36 Å². The SMILES string of the molecule is O=C(Cc1cccc(OC(F)(F)F)c1)N1CCCC(CO)C1. The van der Waals surface area contributed by atoms with Gasteiger partial charge in [-0.1, -0.05) is 12.1 Å². The minimum atomic E-state index is -4.75. The Hall–Kier alpha value is -1.76. The third-order valence-corrected chi connectivity index (χ3v) is 3.62. The molecule has 1 atom stereocenters. The number of piperidine rings is 1. The zero-order valence-corrected chi connectivity index (χ0v) is 12.0. The number of benzene rings is 1. The molecule has 0 aliphatic carbocycles. The van der Waals surface area contributed by atoms with E-state index < -0.39 is 6.36 Å². The number of hydrogen-bond donors (Lipinski definition) is 1. The molecule has 1 fully saturated rings. The highest BCUT2D eigenvalue weighted by Crippen LogP contribution is 2.24. The largest absolute Gasteiger partial charge is 0.573 e. The second-order valence-corrected chi connectivity index (χ2v) is 5.40. The molecule has 1 aromatic rings. The first kappa shape index (κ1) is 16.6. The first-order valence-corrected chi connectivity index (χ1v) is 7.10. The molecule has 1 saturated heterocycles. The van der Waals surface area contributed by atoms with Crippen molar-refractivity contribution < 1.29 is 27.8 Å². The molecule has 0 aromatic heterocycles. The van der Waals surface area contributed by atoms with Crippen molar-refractivity contribution in [1.82, 2.24) is 4.90 Å². The van der Waals surface area contributed by atoms with Crippen LogP contribution >= 0.6 is 0 Å². The molecule has 1 unspecified atom stereocenters. The fourth-order valence-corrected chi connectivity index (χ4v) is 2.58. The maximum absolute atomic E-state index is 12.2. The Balaban J connectivity index is 1.98. The van der Waals surface area contributed by atoms with Crippen LogP contribution in [0.3, 0.4) is 0 Å². The van der Waals surface area contributed by atoms with Crippen molar-refractivity contribution in [2.45, 2.75) is 25.6 Å². The summed E-state index contributed by atoms with van der Waals surface area (Å²) in [5.74, 6) is -0.399. The van der Waals surface area contributed by atoms with E-state index in [9.17, 15) is 18.0 Å². The highest BCUT2D eigenvalue weighted by Gasteiger charge is 2.31. The van der Waals surface area contributed by atoms with E-state index in [4.69, 9.17) is 5.11 Å². The van der Waals surface area contributed by atoms with Crippen LogP contribution in [0.5, 0.6) is 5.75 Å². The number of ether oxygens (including phenoxy) is 1. The highest BCUT2D eigenvalue weighted by atomic mass is 19.4. The van der Waals surface area contributed by atoms with E-state index in [2.05, 4.69) is 4.74 Å². The fraction of sp³-hybridized carbons (Fsp3) is 0.533. The average molecular weight is 317 g/mol. The molecule has 1 amide bonds. The number of nitrogens with zero attached hydrogens (tertiary/aromatic N) is 1. The lowest BCUT2D eigenvalue weighted by molar-refractivity contribution is -0.274. The van der Waals surface area contributed by atoms with Gasteiger partial charge in [0.25, 0.3) is 0 Å². The Kier molecular flexibility index (Phi) is 5.28. The molecule has 1 N–H and O–H groups in total. The van der Waals surface area contributed by atoms with Crippen molar-refractivity contribution in [2.24, 2.45) is 5.92 Å². The van der Waals surface area contributed by atoms with E-state index in [-0.39, 0.29) is 30.6 Å². The molecule has 1 aromatic carbocycles. The number of alkyl halides is 3. The summed E-state index contributed by atoms with van der Waals surface area (Å²) in [6.45, 7) is 1.15.